The van der Waals surface area contributed by atoms with Gasteiger partial charge in [0.1, 0.15) is 0 Å². The van der Waals surface area contributed by atoms with Gasteiger partial charge in [0.2, 0.25) is 0 Å². The van der Waals surface area contributed by atoms with Gasteiger partial charge in [-0.05, 0) is 37.1 Å². The molecule has 2 heteroatoms. The average molecular weight is 282 g/mol. The van der Waals surface area contributed by atoms with Crippen molar-refractivity contribution in [2.24, 2.45) is 0 Å². The molecular weight excluding hydrogens is 264 g/mol. The van der Waals surface area contributed by atoms with Gasteiger partial charge in [-0.2, -0.15) is 0 Å². The van der Waals surface area contributed by atoms with Gasteiger partial charge >= 0.3 is 0 Å². The number of ketones is 1. The monoisotopic (exact) mass is 282 g/mol. The third-order valence-electron chi connectivity index (χ3n) is 2.90. The van der Waals surface area contributed by atoms with Crippen LogP contribution in [0.3, 0.4) is 0 Å². The van der Waals surface area contributed by atoms with Crippen LogP contribution in [0.15, 0.2) is 77.7 Å². The fraction of sp³-hybridized carbons (Fsp3) is 0.167. The first-order valence-electron chi connectivity index (χ1n) is 6.69. The van der Waals surface area contributed by atoms with Crippen molar-refractivity contribution >= 4 is 17.5 Å². The van der Waals surface area contributed by atoms with E-state index in [9.17, 15) is 4.79 Å². The van der Waals surface area contributed by atoms with Crippen molar-refractivity contribution in [3.63, 3.8) is 0 Å². The van der Waals surface area contributed by atoms with E-state index in [-0.39, 0.29) is 5.78 Å². The van der Waals surface area contributed by atoms with Gasteiger partial charge in [0.25, 0.3) is 0 Å². The third kappa shape index (κ3) is 4.71. The minimum absolute atomic E-state index is 0.0986. The second kappa shape index (κ2) is 7.71. The Hall–Kier alpha value is -1.80. The first kappa shape index (κ1) is 14.6. The maximum absolute atomic E-state index is 11.0. The van der Waals surface area contributed by atoms with Crippen LogP contribution in [0.25, 0.3) is 0 Å². The van der Waals surface area contributed by atoms with Crippen LogP contribution < -0.4 is 0 Å². The van der Waals surface area contributed by atoms with Crippen LogP contribution in [0.2, 0.25) is 0 Å². The molecule has 2 aromatic rings. The first-order chi connectivity index (χ1) is 9.75. The van der Waals surface area contributed by atoms with E-state index in [4.69, 9.17) is 0 Å². The molecular formula is C18H18OS. The third-order valence-corrected chi connectivity index (χ3v) is 4.19. The zero-order valence-corrected chi connectivity index (χ0v) is 12.3. The lowest BCUT2D eigenvalue weighted by Crippen LogP contribution is -1.93. The Balaban J connectivity index is 2.14. The molecule has 0 spiro atoms. The van der Waals surface area contributed by atoms with Crippen LogP contribution in [-0.2, 0) is 4.79 Å². The van der Waals surface area contributed by atoms with E-state index in [1.807, 2.05) is 30.0 Å². The number of hydrogen-bond donors (Lipinski definition) is 0. The molecule has 0 aliphatic rings. The molecule has 2 aromatic carbocycles. The second-order valence-electron chi connectivity index (χ2n) is 4.58. The van der Waals surface area contributed by atoms with Gasteiger partial charge in [0.15, 0.2) is 5.78 Å². The van der Waals surface area contributed by atoms with Gasteiger partial charge in [-0.3, -0.25) is 4.79 Å². The van der Waals surface area contributed by atoms with Gasteiger partial charge in [-0.25, -0.2) is 0 Å². The topological polar surface area (TPSA) is 17.1 Å². The van der Waals surface area contributed by atoms with Crippen molar-refractivity contribution in [2.75, 3.05) is 0 Å². The van der Waals surface area contributed by atoms with E-state index in [1.54, 1.807) is 13.0 Å². The molecule has 0 aromatic heterocycles. The molecule has 1 nitrogen and oxygen atoms in total. The minimum Gasteiger partial charge on any atom is -0.295 e. The van der Waals surface area contributed by atoms with E-state index in [2.05, 4.69) is 48.5 Å². The number of carbonyl (C=O) groups is 1. The molecule has 20 heavy (non-hydrogen) atoms. The maximum Gasteiger partial charge on any atom is 0.152 e. The van der Waals surface area contributed by atoms with Crippen LogP contribution >= 0.6 is 11.8 Å². The summed E-state index contributed by atoms with van der Waals surface area (Å²) in [6.07, 6.45) is 4.47. The van der Waals surface area contributed by atoms with Crippen molar-refractivity contribution in [1.82, 2.24) is 0 Å². The summed E-state index contributed by atoms with van der Waals surface area (Å²) in [5, 5.41) is 0.328. The quantitative estimate of drug-likeness (QED) is 0.544. The molecule has 102 valence electrons. The summed E-state index contributed by atoms with van der Waals surface area (Å²) in [6.45, 7) is 1.58. The van der Waals surface area contributed by atoms with Crippen LogP contribution in [0.4, 0.5) is 0 Å². The number of benzene rings is 2. The molecule has 0 unspecified atom stereocenters. The molecule has 0 radical (unpaired) electrons. The summed E-state index contributed by atoms with van der Waals surface area (Å²) in [7, 11) is 0. The van der Waals surface area contributed by atoms with Crippen LogP contribution in [0.5, 0.6) is 0 Å². The molecule has 0 saturated carbocycles. The highest BCUT2D eigenvalue weighted by Gasteiger charge is 2.11. The Morgan fingerprint density at radius 1 is 1.05 bits per heavy atom. The normalized spacial score (nSPS) is 12.4. The Labute approximate surface area is 124 Å². The van der Waals surface area contributed by atoms with Crippen LogP contribution in [0, 0.1) is 0 Å². The van der Waals surface area contributed by atoms with Gasteiger partial charge in [-0.1, -0.05) is 54.6 Å². The predicted octanol–water partition coefficient (Wildman–Crippen LogP) is 5.06. The average Bonchev–Trinajstić information content (AvgIpc) is 2.48. The zero-order chi connectivity index (χ0) is 14.2. The molecule has 0 amide bonds. The fourth-order valence-corrected chi connectivity index (χ4v) is 3.08. The number of carbonyl (C=O) groups excluding carboxylic acids is 1. The van der Waals surface area contributed by atoms with Gasteiger partial charge in [-0.15, -0.1) is 11.8 Å². The summed E-state index contributed by atoms with van der Waals surface area (Å²) in [6, 6.07) is 20.8. The van der Waals surface area contributed by atoms with Crippen molar-refractivity contribution < 1.29 is 4.79 Å². The summed E-state index contributed by atoms with van der Waals surface area (Å²) < 4.78 is 0. The molecule has 2 rings (SSSR count). The summed E-state index contributed by atoms with van der Waals surface area (Å²) in [5.41, 5.74) is 1.29. The fourth-order valence-electron chi connectivity index (χ4n) is 1.94. The first-order valence-corrected chi connectivity index (χ1v) is 7.57. The molecule has 0 saturated heterocycles. The largest absolute Gasteiger partial charge is 0.295 e. The van der Waals surface area contributed by atoms with E-state index in [1.165, 1.54) is 10.5 Å². The highest BCUT2D eigenvalue weighted by Crippen LogP contribution is 2.37. The molecule has 0 fully saturated rings. The SMILES string of the molecule is CC(=O)/C=C/C[C@@H](Sc1ccccc1)c1ccccc1. The Morgan fingerprint density at radius 2 is 1.65 bits per heavy atom. The molecule has 0 heterocycles. The molecule has 1 atom stereocenters. The molecule has 0 bridgehead atoms. The lowest BCUT2D eigenvalue weighted by Gasteiger charge is -2.15. The van der Waals surface area contributed by atoms with Gasteiger partial charge in [0, 0.05) is 10.1 Å². The lowest BCUT2D eigenvalue weighted by molar-refractivity contribution is -0.112. The molecule has 0 N–H and O–H groups in total. The summed E-state index contributed by atoms with van der Waals surface area (Å²) in [5.74, 6) is 0.0986. The van der Waals surface area contributed by atoms with Crippen molar-refractivity contribution in [3.8, 4) is 0 Å². The number of allylic oxidation sites excluding steroid dienone is 2. The maximum atomic E-state index is 11.0. The predicted molar refractivity (Wildman–Crippen MR) is 85.9 cm³/mol. The summed E-state index contributed by atoms with van der Waals surface area (Å²) in [4.78, 5) is 12.3. The zero-order valence-electron chi connectivity index (χ0n) is 11.5. The Morgan fingerprint density at radius 3 is 2.25 bits per heavy atom. The van der Waals surface area contributed by atoms with Crippen LogP contribution in [-0.4, -0.2) is 5.78 Å². The Bertz CT molecular complexity index is 560. The van der Waals surface area contributed by atoms with Crippen molar-refractivity contribution in [3.05, 3.63) is 78.4 Å². The summed E-state index contributed by atoms with van der Waals surface area (Å²) >= 11 is 1.83. The molecule has 0 aliphatic heterocycles. The van der Waals surface area contributed by atoms with E-state index in [0.717, 1.165) is 6.42 Å². The van der Waals surface area contributed by atoms with E-state index < -0.39 is 0 Å². The number of hydrogen-bond acceptors (Lipinski definition) is 2. The van der Waals surface area contributed by atoms with E-state index in [0.29, 0.717) is 5.25 Å². The van der Waals surface area contributed by atoms with Crippen molar-refractivity contribution in [1.29, 1.82) is 0 Å². The lowest BCUT2D eigenvalue weighted by atomic mass is 10.1. The van der Waals surface area contributed by atoms with Crippen molar-refractivity contribution in [2.45, 2.75) is 23.5 Å². The van der Waals surface area contributed by atoms with Crippen LogP contribution in [0.1, 0.15) is 24.2 Å². The van der Waals surface area contributed by atoms with E-state index >= 15 is 0 Å². The standard InChI is InChI=1S/C18H18OS/c1-15(19)9-8-14-18(16-10-4-2-5-11-16)20-17-12-6-3-7-13-17/h2-13,18H,14H2,1H3/b9-8+/t18-/m1/s1. The molecule has 0 aliphatic carbocycles. The Kier molecular flexibility index (Phi) is 5.63. The van der Waals surface area contributed by atoms with Gasteiger partial charge in [0.05, 0.1) is 0 Å². The van der Waals surface area contributed by atoms with Gasteiger partial charge < -0.3 is 0 Å². The smallest absolute Gasteiger partial charge is 0.152 e. The highest BCUT2D eigenvalue weighted by molar-refractivity contribution is 7.99. The minimum atomic E-state index is 0.0986. The number of rotatable bonds is 6. The second-order valence-corrected chi connectivity index (χ2v) is 5.86. The highest BCUT2D eigenvalue weighted by atomic mass is 32.2. The number of thioether (sulfide) groups is 1.